The van der Waals surface area contributed by atoms with Crippen LogP contribution in [0.25, 0.3) is 0 Å². The van der Waals surface area contributed by atoms with E-state index in [4.69, 9.17) is 5.26 Å². The second-order valence-corrected chi connectivity index (χ2v) is 6.87. The van der Waals surface area contributed by atoms with E-state index in [1.54, 1.807) is 17.6 Å². The quantitative estimate of drug-likeness (QED) is 0.915. The van der Waals surface area contributed by atoms with E-state index in [9.17, 15) is 8.42 Å². The molecule has 0 atom stereocenters. The highest BCUT2D eigenvalue weighted by Gasteiger charge is 2.14. The van der Waals surface area contributed by atoms with E-state index in [-0.39, 0.29) is 17.9 Å². The molecule has 0 aliphatic rings. The Bertz CT molecular complexity index is 728. The molecule has 0 radical (unpaired) electrons. The molecule has 0 saturated carbocycles. The largest absolute Gasteiger partial charge is 0.250 e. The van der Waals surface area contributed by atoms with Crippen LogP contribution in [-0.4, -0.2) is 13.4 Å². The van der Waals surface area contributed by atoms with E-state index in [0.717, 1.165) is 16.1 Å². The van der Waals surface area contributed by atoms with Crippen molar-refractivity contribution in [1.29, 1.82) is 5.26 Å². The normalized spacial score (nSPS) is 11.2. The molecule has 0 aliphatic carbocycles. The van der Waals surface area contributed by atoms with Gasteiger partial charge in [-0.05, 0) is 24.6 Å². The summed E-state index contributed by atoms with van der Waals surface area (Å²) in [5, 5.41) is 8.58. The fourth-order valence-electron chi connectivity index (χ4n) is 1.62. The number of aryl methyl sites for hydroxylation is 1. The van der Waals surface area contributed by atoms with Gasteiger partial charge >= 0.3 is 0 Å². The van der Waals surface area contributed by atoms with Gasteiger partial charge < -0.3 is 0 Å². The topological polar surface area (TPSA) is 82.8 Å². The van der Waals surface area contributed by atoms with Crippen molar-refractivity contribution in [2.45, 2.75) is 24.8 Å². The highest BCUT2D eigenvalue weighted by atomic mass is 32.2. The molecule has 2 rings (SSSR count). The molecular weight excluding hydrogens is 294 g/mol. The Kier molecular flexibility index (Phi) is 4.49. The summed E-state index contributed by atoms with van der Waals surface area (Å²) in [6, 6.07) is 8.34. The second-order valence-electron chi connectivity index (χ2n) is 4.16. The number of hydrogen-bond acceptors (Lipinski definition) is 5. The summed E-state index contributed by atoms with van der Waals surface area (Å²) in [5.41, 5.74) is 3.32. The molecule has 104 valence electrons. The summed E-state index contributed by atoms with van der Waals surface area (Å²) < 4.78 is 26.8. The van der Waals surface area contributed by atoms with Gasteiger partial charge in [0.25, 0.3) is 0 Å². The van der Waals surface area contributed by atoms with Crippen molar-refractivity contribution >= 4 is 21.4 Å². The second kappa shape index (κ2) is 6.13. The predicted molar refractivity (Wildman–Crippen MR) is 76.6 cm³/mol. The summed E-state index contributed by atoms with van der Waals surface area (Å²) in [4.78, 5) is 5.17. The molecule has 2 aromatic rings. The van der Waals surface area contributed by atoms with Crippen molar-refractivity contribution in [3.05, 3.63) is 45.9 Å². The number of rotatable bonds is 5. The Balaban J connectivity index is 2.10. The molecule has 0 bridgehead atoms. The third-order valence-electron chi connectivity index (χ3n) is 2.78. The first-order valence-electron chi connectivity index (χ1n) is 5.87. The van der Waals surface area contributed by atoms with Gasteiger partial charge in [-0.25, -0.2) is 18.1 Å². The van der Waals surface area contributed by atoms with Crippen LogP contribution in [0.1, 0.15) is 16.1 Å². The van der Waals surface area contributed by atoms with Crippen molar-refractivity contribution in [3.8, 4) is 6.07 Å². The van der Waals surface area contributed by atoms with Gasteiger partial charge in [0, 0.05) is 11.4 Å². The van der Waals surface area contributed by atoms with E-state index in [0.29, 0.717) is 0 Å². The monoisotopic (exact) mass is 307 g/mol. The number of aromatic nitrogens is 1. The number of sulfonamides is 1. The molecule has 7 heteroatoms. The fourth-order valence-corrected chi connectivity index (χ4v) is 3.42. The minimum Gasteiger partial charge on any atom is -0.250 e. The molecule has 1 aromatic heterocycles. The molecule has 1 aromatic carbocycles. The molecule has 1 heterocycles. The first kappa shape index (κ1) is 14.7. The summed E-state index contributed by atoms with van der Waals surface area (Å²) in [6.45, 7) is 2.08. The molecule has 0 amide bonds. The van der Waals surface area contributed by atoms with E-state index < -0.39 is 10.0 Å². The molecule has 0 aliphatic heterocycles. The number of hydrogen-bond donors (Lipinski definition) is 1. The lowest BCUT2D eigenvalue weighted by atomic mass is 10.2. The molecular formula is C13H13N3O2S2. The molecule has 0 fully saturated rings. The molecule has 20 heavy (non-hydrogen) atoms. The lowest BCUT2D eigenvalue weighted by Gasteiger charge is -2.06. The van der Waals surface area contributed by atoms with Crippen molar-refractivity contribution in [3.63, 3.8) is 0 Å². The third kappa shape index (κ3) is 3.42. The van der Waals surface area contributed by atoms with Crippen molar-refractivity contribution < 1.29 is 8.42 Å². The van der Waals surface area contributed by atoms with E-state index in [2.05, 4.69) is 9.71 Å². The van der Waals surface area contributed by atoms with Gasteiger partial charge in [0.2, 0.25) is 10.0 Å². The van der Waals surface area contributed by atoms with Crippen molar-refractivity contribution in [2.24, 2.45) is 0 Å². The third-order valence-corrected chi connectivity index (χ3v) is 5.14. The van der Waals surface area contributed by atoms with Gasteiger partial charge in [-0.2, -0.15) is 5.26 Å². The number of nitriles is 1. The highest BCUT2D eigenvalue weighted by Crippen LogP contribution is 2.15. The van der Waals surface area contributed by atoms with Crippen LogP contribution in [-0.2, 0) is 23.0 Å². The van der Waals surface area contributed by atoms with E-state index in [1.165, 1.54) is 23.5 Å². The highest BCUT2D eigenvalue weighted by molar-refractivity contribution is 7.89. The summed E-state index contributed by atoms with van der Waals surface area (Å²) in [6.07, 6.45) is 0.272. The maximum absolute atomic E-state index is 12.1. The Morgan fingerprint density at radius 3 is 2.60 bits per heavy atom. The van der Waals surface area contributed by atoms with Gasteiger partial charge in [0.1, 0.15) is 0 Å². The van der Waals surface area contributed by atoms with E-state index >= 15 is 0 Å². The average molecular weight is 307 g/mol. The number of thiazole rings is 1. The van der Waals surface area contributed by atoms with Crippen molar-refractivity contribution in [2.75, 3.05) is 0 Å². The van der Waals surface area contributed by atoms with Gasteiger partial charge in [0.05, 0.1) is 28.6 Å². The van der Waals surface area contributed by atoms with Crippen LogP contribution in [0.5, 0.6) is 0 Å². The Hall–Kier alpha value is -1.75. The van der Waals surface area contributed by atoms with Crippen LogP contribution < -0.4 is 4.72 Å². The Labute approximate surface area is 122 Å². The molecule has 0 unspecified atom stereocenters. The molecule has 5 nitrogen and oxygen atoms in total. The number of benzene rings is 1. The van der Waals surface area contributed by atoms with E-state index in [1.807, 2.05) is 13.0 Å². The standard InChI is InChI=1S/C13H13N3O2S2/c1-10-13(19-9-15-10)8-16-20(17,18)12-4-2-11(3-5-12)6-7-14/h2-5,9,16H,6,8H2,1H3. The maximum atomic E-state index is 12.1. The van der Waals surface area contributed by atoms with Gasteiger partial charge in [-0.15, -0.1) is 11.3 Å². The lowest BCUT2D eigenvalue weighted by Crippen LogP contribution is -2.23. The first-order valence-corrected chi connectivity index (χ1v) is 8.24. The van der Waals surface area contributed by atoms with Crippen LogP contribution in [0.2, 0.25) is 0 Å². The predicted octanol–water partition coefficient (Wildman–Crippen LogP) is 2.00. The van der Waals surface area contributed by atoms with Crippen LogP contribution in [0, 0.1) is 18.3 Å². The molecule has 1 N–H and O–H groups in total. The summed E-state index contributed by atoms with van der Waals surface area (Å²) in [5.74, 6) is 0. The first-order chi connectivity index (χ1) is 9.53. The Morgan fingerprint density at radius 2 is 2.05 bits per heavy atom. The lowest BCUT2D eigenvalue weighted by molar-refractivity contribution is 0.581. The average Bonchev–Trinajstić information content (AvgIpc) is 2.83. The van der Waals surface area contributed by atoms with Crippen LogP contribution in [0.3, 0.4) is 0 Å². The van der Waals surface area contributed by atoms with Crippen LogP contribution in [0.4, 0.5) is 0 Å². The zero-order valence-corrected chi connectivity index (χ0v) is 12.5. The van der Waals surface area contributed by atoms with Crippen LogP contribution >= 0.6 is 11.3 Å². The number of nitrogens with zero attached hydrogens (tertiary/aromatic N) is 2. The smallest absolute Gasteiger partial charge is 0.240 e. The SMILES string of the molecule is Cc1ncsc1CNS(=O)(=O)c1ccc(CC#N)cc1. The number of nitrogens with one attached hydrogen (secondary N) is 1. The van der Waals surface area contributed by atoms with Gasteiger partial charge in [-0.1, -0.05) is 12.1 Å². The van der Waals surface area contributed by atoms with Gasteiger partial charge in [-0.3, -0.25) is 0 Å². The minimum atomic E-state index is -3.54. The van der Waals surface area contributed by atoms with Crippen LogP contribution in [0.15, 0.2) is 34.7 Å². The summed E-state index contributed by atoms with van der Waals surface area (Å²) >= 11 is 1.42. The molecule has 0 spiro atoms. The maximum Gasteiger partial charge on any atom is 0.240 e. The minimum absolute atomic E-state index is 0.196. The zero-order valence-electron chi connectivity index (χ0n) is 10.8. The fraction of sp³-hybridized carbons (Fsp3) is 0.231. The summed E-state index contributed by atoms with van der Waals surface area (Å²) in [7, 11) is -3.54. The van der Waals surface area contributed by atoms with Crippen molar-refractivity contribution in [1.82, 2.24) is 9.71 Å². The Morgan fingerprint density at radius 1 is 1.35 bits per heavy atom. The zero-order chi connectivity index (χ0) is 14.6. The molecule has 0 saturated heterocycles. The van der Waals surface area contributed by atoms with Gasteiger partial charge in [0.15, 0.2) is 0 Å².